The fourth-order valence-corrected chi connectivity index (χ4v) is 2.17. The van der Waals surface area contributed by atoms with Gasteiger partial charge in [-0.05, 0) is 36.5 Å². The summed E-state index contributed by atoms with van der Waals surface area (Å²) in [6.45, 7) is 13.1. The van der Waals surface area contributed by atoms with E-state index in [0.29, 0.717) is 17.7 Å². The van der Waals surface area contributed by atoms with E-state index in [2.05, 4.69) is 51.7 Å². The molecule has 0 spiro atoms. The van der Waals surface area contributed by atoms with Gasteiger partial charge in [0, 0.05) is 24.7 Å². The largest absolute Gasteiger partial charge is 0.357 e. The van der Waals surface area contributed by atoms with E-state index in [1.54, 1.807) is 0 Å². The van der Waals surface area contributed by atoms with Crippen LogP contribution in [0.5, 0.6) is 0 Å². The normalized spacial score (nSPS) is 12.8. The summed E-state index contributed by atoms with van der Waals surface area (Å²) in [5.41, 5.74) is 2.30. The maximum absolute atomic E-state index is 6.01. The standard InChI is InChI=1S/C16H27ClN2/c1-6-13(5)11-19(7-2)16-9-14(10-17)8-15(18-16)12(3)4/h8-9,12-13H,6-7,10-11H2,1-5H3. The van der Waals surface area contributed by atoms with E-state index in [4.69, 9.17) is 16.6 Å². The minimum atomic E-state index is 0.434. The van der Waals surface area contributed by atoms with Crippen LogP contribution < -0.4 is 4.90 Å². The summed E-state index contributed by atoms with van der Waals surface area (Å²) in [6, 6.07) is 4.25. The summed E-state index contributed by atoms with van der Waals surface area (Å²) in [5.74, 6) is 2.74. The van der Waals surface area contributed by atoms with Crippen molar-refractivity contribution >= 4 is 17.4 Å². The van der Waals surface area contributed by atoms with Gasteiger partial charge in [-0.1, -0.05) is 34.1 Å². The zero-order chi connectivity index (χ0) is 14.4. The average Bonchev–Trinajstić information content (AvgIpc) is 2.43. The van der Waals surface area contributed by atoms with Gasteiger partial charge in [-0.25, -0.2) is 4.98 Å². The first-order chi connectivity index (χ1) is 9.01. The van der Waals surface area contributed by atoms with Gasteiger partial charge in [0.15, 0.2) is 0 Å². The Kier molecular flexibility index (Phi) is 6.64. The maximum Gasteiger partial charge on any atom is 0.129 e. The summed E-state index contributed by atoms with van der Waals surface area (Å²) in [6.07, 6.45) is 1.20. The van der Waals surface area contributed by atoms with Crippen LogP contribution >= 0.6 is 11.6 Å². The predicted molar refractivity (Wildman–Crippen MR) is 85.2 cm³/mol. The van der Waals surface area contributed by atoms with Gasteiger partial charge >= 0.3 is 0 Å². The summed E-state index contributed by atoms with van der Waals surface area (Å²) < 4.78 is 0. The number of alkyl halides is 1. The Bertz CT molecular complexity index is 390. The van der Waals surface area contributed by atoms with E-state index >= 15 is 0 Å². The van der Waals surface area contributed by atoms with Gasteiger partial charge in [-0.15, -0.1) is 11.6 Å². The second-order valence-corrected chi connectivity index (χ2v) is 5.87. The molecule has 108 valence electrons. The Morgan fingerprint density at radius 1 is 1.21 bits per heavy atom. The van der Waals surface area contributed by atoms with Crippen LogP contribution in [0.1, 0.15) is 58.2 Å². The van der Waals surface area contributed by atoms with Crippen LogP contribution in [-0.4, -0.2) is 18.1 Å². The second kappa shape index (κ2) is 7.74. The van der Waals surface area contributed by atoms with E-state index < -0.39 is 0 Å². The summed E-state index contributed by atoms with van der Waals surface area (Å²) in [5, 5.41) is 0. The molecule has 0 fully saturated rings. The number of halogens is 1. The van der Waals surface area contributed by atoms with Crippen molar-refractivity contribution in [3.05, 3.63) is 23.4 Å². The molecule has 0 bridgehead atoms. The third-order valence-electron chi connectivity index (χ3n) is 3.57. The highest BCUT2D eigenvalue weighted by molar-refractivity contribution is 6.17. The van der Waals surface area contributed by atoms with Gasteiger partial charge in [-0.3, -0.25) is 0 Å². The molecular weight excluding hydrogens is 256 g/mol. The molecule has 0 saturated carbocycles. The Morgan fingerprint density at radius 3 is 2.37 bits per heavy atom. The molecule has 0 aliphatic rings. The van der Waals surface area contributed by atoms with Crippen molar-refractivity contribution in [2.75, 3.05) is 18.0 Å². The Labute approximate surface area is 123 Å². The smallest absolute Gasteiger partial charge is 0.129 e. The number of hydrogen-bond donors (Lipinski definition) is 0. The minimum Gasteiger partial charge on any atom is -0.357 e. The van der Waals surface area contributed by atoms with Gasteiger partial charge in [0.2, 0.25) is 0 Å². The summed E-state index contributed by atoms with van der Waals surface area (Å²) in [7, 11) is 0. The molecule has 0 aliphatic heterocycles. The van der Waals surface area contributed by atoms with E-state index in [-0.39, 0.29) is 0 Å². The molecule has 1 aromatic heterocycles. The molecule has 0 aliphatic carbocycles. The summed E-state index contributed by atoms with van der Waals surface area (Å²) >= 11 is 6.01. The quantitative estimate of drug-likeness (QED) is 0.667. The van der Waals surface area contributed by atoms with Crippen LogP contribution in [0, 0.1) is 5.92 Å². The zero-order valence-electron chi connectivity index (χ0n) is 12.9. The number of rotatable bonds is 7. The summed E-state index contributed by atoms with van der Waals surface area (Å²) in [4.78, 5) is 7.16. The Morgan fingerprint density at radius 2 is 1.89 bits per heavy atom. The highest BCUT2D eigenvalue weighted by Crippen LogP contribution is 2.22. The molecule has 1 heterocycles. The molecule has 2 nitrogen and oxygen atoms in total. The van der Waals surface area contributed by atoms with Crippen LogP contribution in [0.25, 0.3) is 0 Å². The van der Waals surface area contributed by atoms with E-state index in [0.717, 1.165) is 30.2 Å². The van der Waals surface area contributed by atoms with Crippen molar-refractivity contribution < 1.29 is 0 Å². The molecule has 3 heteroatoms. The lowest BCUT2D eigenvalue weighted by atomic mass is 10.1. The predicted octanol–water partition coefficient (Wildman–Crippen LogP) is 4.82. The maximum atomic E-state index is 6.01. The molecule has 19 heavy (non-hydrogen) atoms. The van der Waals surface area contributed by atoms with Crippen LogP contribution in [0.15, 0.2) is 12.1 Å². The third kappa shape index (κ3) is 4.68. The lowest BCUT2D eigenvalue weighted by molar-refractivity contribution is 0.545. The number of anilines is 1. The van der Waals surface area contributed by atoms with E-state index in [1.807, 2.05) is 0 Å². The number of hydrogen-bond acceptors (Lipinski definition) is 2. The number of pyridine rings is 1. The molecule has 1 rings (SSSR count). The average molecular weight is 283 g/mol. The van der Waals surface area contributed by atoms with Gasteiger partial charge in [0.25, 0.3) is 0 Å². The molecule has 0 radical (unpaired) electrons. The molecule has 1 unspecified atom stereocenters. The van der Waals surface area contributed by atoms with Crippen molar-refractivity contribution in [3.63, 3.8) is 0 Å². The first kappa shape index (κ1) is 16.3. The van der Waals surface area contributed by atoms with Gasteiger partial charge in [0.05, 0.1) is 0 Å². The van der Waals surface area contributed by atoms with Crippen molar-refractivity contribution in [2.24, 2.45) is 5.92 Å². The topological polar surface area (TPSA) is 16.1 Å². The minimum absolute atomic E-state index is 0.434. The molecular formula is C16H27ClN2. The van der Waals surface area contributed by atoms with Crippen molar-refractivity contribution in [1.82, 2.24) is 4.98 Å². The number of nitrogens with zero attached hydrogens (tertiary/aromatic N) is 2. The van der Waals surface area contributed by atoms with Crippen molar-refractivity contribution in [1.29, 1.82) is 0 Å². The molecule has 1 atom stereocenters. The van der Waals surface area contributed by atoms with Crippen LogP contribution in [-0.2, 0) is 5.88 Å². The molecule has 1 aromatic rings. The van der Waals surface area contributed by atoms with E-state index in [1.165, 1.54) is 6.42 Å². The van der Waals surface area contributed by atoms with Gasteiger partial charge in [0.1, 0.15) is 5.82 Å². The van der Waals surface area contributed by atoms with Crippen LogP contribution in [0.4, 0.5) is 5.82 Å². The Balaban J connectivity index is 3.04. The molecule has 0 aromatic carbocycles. The first-order valence-corrected chi connectivity index (χ1v) is 7.86. The SMILES string of the molecule is CCC(C)CN(CC)c1cc(CCl)cc(C(C)C)n1. The number of aromatic nitrogens is 1. The fraction of sp³-hybridized carbons (Fsp3) is 0.688. The lowest BCUT2D eigenvalue weighted by Crippen LogP contribution is -2.29. The monoisotopic (exact) mass is 282 g/mol. The van der Waals surface area contributed by atoms with Crippen molar-refractivity contribution in [2.45, 2.75) is 52.8 Å². The fourth-order valence-electron chi connectivity index (χ4n) is 2.02. The second-order valence-electron chi connectivity index (χ2n) is 5.60. The molecule has 0 N–H and O–H groups in total. The highest BCUT2D eigenvalue weighted by Gasteiger charge is 2.13. The van der Waals surface area contributed by atoms with Gasteiger partial charge < -0.3 is 4.90 Å². The first-order valence-electron chi connectivity index (χ1n) is 7.33. The zero-order valence-corrected chi connectivity index (χ0v) is 13.7. The van der Waals surface area contributed by atoms with Gasteiger partial charge in [-0.2, -0.15) is 0 Å². The lowest BCUT2D eigenvalue weighted by Gasteiger charge is -2.26. The van der Waals surface area contributed by atoms with Crippen molar-refractivity contribution in [3.8, 4) is 0 Å². The Hall–Kier alpha value is -0.760. The molecule has 0 saturated heterocycles. The highest BCUT2D eigenvalue weighted by atomic mass is 35.5. The van der Waals surface area contributed by atoms with Crippen LogP contribution in [0.2, 0.25) is 0 Å². The van der Waals surface area contributed by atoms with E-state index in [9.17, 15) is 0 Å². The van der Waals surface area contributed by atoms with Crippen LogP contribution in [0.3, 0.4) is 0 Å². The third-order valence-corrected chi connectivity index (χ3v) is 3.88. The molecule has 0 amide bonds.